The molecule has 1 aliphatic heterocycles. The summed E-state index contributed by atoms with van der Waals surface area (Å²) in [5.74, 6) is -1.96. The van der Waals surface area contributed by atoms with E-state index in [0.717, 1.165) is 5.39 Å². The molecule has 2 aromatic rings. The van der Waals surface area contributed by atoms with E-state index in [1.165, 1.54) is 13.0 Å². The van der Waals surface area contributed by atoms with Gasteiger partial charge in [-0.05, 0) is 35.4 Å². The van der Waals surface area contributed by atoms with Crippen LogP contribution in [0.4, 0.5) is 5.69 Å². The molecular weight excluding hydrogens is 322 g/mol. The monoisotopic (exact) mass is 339 g/mol. The predicted molar refractivity (Wildman–Crippen MR) is 92.6 cm³/mol. The second-order valence-electron chi connectivity index (χ2n) is 5.99. The molecule has 1 saturated heterocycles. The number of hydrogen-bond donors (Lipinski definition) is 4. The Balaban J connectivity index is 2.04. The van der Waals surface area contributed by atoms with Crippen LogP contribution in [-0.4, -0.2) is 28.5 Å². The molecule has 0 radical (unpaired) electrons. The number of anilines is 1. The first-order valence-electron chi connectivity index (χ1n) is 7.82. The van der Waals surface area contributed by atoms with Gasteiger partial charge in [-0.1, -0.05) is 12.1 Å². The van der Waals surface area contributed by atoms with Crippen molar-refractivity contribution < 1.29 is 19.5 Å². The maximum absolute atomic E-state index is 12.0. The van der Waals surface area contributed by atoms with E-state index in [0.29, 0.717) is 11.1 Å². The Bertz CT molecular complexity index is 920. The van der Waals surface area contributed by atoms with Crippen LogP contribution in [0.3, 0.4) is 0 Å². The lowest BCUT2D eigenvalue weighted by molar-refractivity contribution is -0.134. The molecule has 4 N–H and O–H groups in total. The Morgan fingerprint density at radius 1 is 1.28 bits per heavy atom. The van der Waals surface area contributed by atoms with E-state index in [2.05, 4.69) is 10.6 Å². The molecule has 0 saturated carbocycles. The molecule has 2 aromatic carbocycles. The number of phenols is 1. The average Bonchev–Trinajstić information content (AvgIpc) is 2.54. The van der Waals surface area contributed by atoms with Gasteiger partial charge in [-0.15, -0.1) is 0 Å². The highest BCUT2D eigenvalue weighted by molar-refractivity contribution is 6.21. The Morgan fingerprint density at radius 2 is 2.04 bits per heavy atom. The van der Waals surface area contributed by atoms with Gasteiger partial charge < -0.3 is 15.8 Å². The van der Waals surface area contributed by atoms with Crippen LogP contribution in [0.2, 0.25) is 0 Å². The van der Waals surface area contributed by atoms with Crippen LogP contribution in [-0.2, 0) is 14.4 Å². The van der Waals surface area contributed by atoms with Crippen molar-refractivity contribution in [3.05, 3.63) is 35.9 Å². The molecular formula is C18H17N3O4. The number of rotatable bonds is 3. The summed E-state index contributed by atoms with van der Waals surface area (Å²) in [5.41, 5.74) is 0.839. The zero-order chi connectivity index (χ0) is 18.1. The van der Waals surface area contributed by atoms with Crippen molar-refractivity contribution in [3.8, 4) is 5.75 Å². The van der Waals surface area contributed by atoms with Crippen LogP contribution in [0.1, 0.15) is 25.3 Å². The van der Waals surface area contributed by atoms with Gasteiger partial charge in [0, 0.05) is 24.6 Å². The standard InChI is InChI=1S/C18H17N3O4/c1-9(22)20-11-3-4-12-10(8-11)2-6-14(23)16(12)17(19)13-5-7-15(24)21-18(13)25/h2-4,6,8,13,19,23H,5,7H2,1H3,(H,20,22)(H,21,24,25). The van der Waals surface area contributed by atoms with Crippen molar-refractivity contribution in [1.29, 1.82) is 5.41 Å². The normalized spacial score (nSPS) is 17.2. The average molecular weight is 339 g/mol. The maximum Gasteiger partial charge on any atom is 0.235 e. The number of aromatic hydroxyl groups is 1. The fourth-order valence-electron chi connectivity index (χ4n) is 3.03. The number of nitrogens with one attached hydrogen (secondary N) is 3. The summed E-state index contributed by atoms with van der Waals surface area (Å²) in [6.45, 7) is 1.41. The lowest BCUT2D eigenvalue weighted by Gasteiger charge is -2.23. The van der Waals surface area contributed by atoms with Gasteiger partial charge in [0.25, 0.3) is 0 Å². The number of benzene rings is 2. The molecule has 7 heteroatoms. The van der Waals surface area contributed by atoms with E-state index in [1.807, 2.05) is 0 Å². The topological polar surface area (TPSA) is 119 Å². The Morgan fingerprint density at radius 3 is 2.72 bits per heavy atom. The van der Waals surface area contributed by atoms with E-state index >= 15 is 0 Å². The summed E-state index contributed by atoms with van der Waals surface area (Å²) >= 11 is 0. The lowest BCUT2D eigenvalue weighted by atomic mass is 9.86. The molecule has 7 nitrogen and oxygen atoms in total. The molecule has 25 heavy (non-hydrogen) atoms. The first-order valence-corrected chi connectivity index (χ1v) is 7.82. The minimum Gasteiger partial charge on any atom is -0.507 e. The van der Waals surface area contributed by atoms with Crippen molar-refractivity contribution in [2.24, 2.45) is 5.92 Å². The van der Waals surface area contributed by atoms with E-state index in [4.69, 9.17) is 5.41 Å². The van der Waals surface area contributed by atoms with Crippen LogP contribution in [0.25, 0.3) is 10.8 Å². The number of imide groups is 1. The molecule has 0 aliphatic carbocycles. The molecule has 1 atom stereocenters. The van der Waals surface area contributed by atoms with Crippen LogP contribution in [0.15, 0.2) is 30.3 Å². The summed E-state index contributed by atoms with van der Waals surface area (Å²) in [7, 11) is 0. The highest BCUT2D eigenvalue weighted by Gasteiger charge is 2.32. The number of carbonyl (C=O) groups excluding carboxylic acids is 3. The van der Waals surface area contributed by atoms with Crippen LogP contribution in [0.5, 0.6) is 5.75 Å². The van der Waals surface area contributed by atoms with Crippen LogP contribution in [0, 0.1) is 11.3 Å². The maximum atomic E-state index is 12.0. The zero-order valence-corrected chi connectivity index (χ0v) is 13.6. The summed E-state index contributed by atoms with van der Waals surface area (Å²) in [6, 6.07) is 8.23. The molecule has 0 spiro atoms. The predicted octanol–water partition coefficient (Wildman–Crippen LogP) is 1.92. The number of hydrogen-bond acceptors (Lipinski definition) is 5. The quantitative estimate of drug-likeness (QED) is 0.504. The summed E-state index contributed by atoms with van der Waals surface area (Å²) in [6.07, 6.45) is 0.403. The summed E-state index contributed by atoms with van der Waals surface area (Å²) in [5, 5.41) is 24.9. The minimum absolute atomic E-state index is 0.0274. The van der Waals surface area contributed by atoms with Gasteiger partial charge >= 0.3 is 0 Å². The molecule has 1 unspecified atom stereocenters. The van der Waals surface area contributed by atoms with Crippen molar-refractivity contribution in [2.75, 3.05) is 5.32 Å². The molecule has 0 bridgehead atoms. The molecule has 1 fully saturated rings. The van der Waals surface area contributed by atoms with E-state index in [-0.39, 0.29) is 41.7 Å². The second-order valence-corrected chi connectivity index (χ2v) is 5.99. The van der Waals surface area contributed by atoms with Gasteiger partial charge in [-0.3, -0.25) is 19.7 Å². The van der Waals surface area contributed by atoms with Crippen molar-refractivity contribution in [2.45, 2.75) is 19.8 Å². The molecule has 1 aliphatic rings. The van der Waals surface area contributed by atoms with Gasteiger partial charge in [0.1, 0.15) is 5.75 Å². The fourth-order valence-corrected chi connectivity index (χ4v) is 3.03. The highest BCUT2D eigenvalue weighted by Crippen LogP contribution is 2.32. The second kappa shape index (κ2) is 6.35. The lowest BCUT2D eigenvalue weighted by Crippen LogP contribution is -2.43. The SMILES string of the molecule is CC(=O)Nc1ccc2c(C(=N)C3CCC(=O)NC3=O)c(O)ccc2c1. The van der Waals surface area contributed by atoms with Gasteiger partial charge in [0.15, 0.2) is 0 Å². The highest BCUT2D eigenvalue weighted by atomic mass is 16.3. The number of fused-ring (bicyclic) bond motifs is 1. The number of amides is 3. The fraction of sp³-hybridized carbons (Fsp3) is 0.222. The third-order valence-corrected chi connectivity index (χ3v) is 4.18. The van der Waals surface area contributed by atoms with Crippen molar-refractivity contribution in [1.82, 2.24) is 5.32 Å². The third-order valence-electron chi connectivity index (χ3n) is 4.18. The van der Waals surface area contributed by atoms with Crippen molar-refractivity contribution >= 4 is 39.9 Å². The van der Waals surface area contributed by atoms with E-state index in [9.17, 15) is 19.5 Å². The smallest absolute Gasteiger partial charge is 0.235 e. The molecule has 0 aromatic heterocycles. The minimum atomic E-state index is -0.788. The Hall–Kier alpha value is -3.22. The van der Waals surface area contributed by atoms with E-state index < -0.39 is 11.8 Å². The Labute approximate surface area is 143 Å². The first-order chi connectivity index (χ1) is 11.9. The van der Waals surface area contributed by atoms with E-state index in [1.54, 1.807) is 24.3 Å². The molecule has 1 heterocycles. The number of phenolic OH excluding ortho intramolecular Hbond substituents is 1. The largest absolute Gasteiger partial charge is 0.507 e. The van der Waals surface area contributed by atoms with Crippen molar-refractivity contribution in [3.63, 3.8) is 0 Å². The van der Waals surface area contributed by atoms with Gasteiger partial charge in [-0.25, -0.2) is 0 Å². The molecule has 128 valence electrons. The Kier molecular flexibility index (Phi) is 4.22. The summed E-state index contributed by atoms with van der Waals surface area (Å²) in [4.78, 5) is 34.5. The third kappa shape index (κ3) is 3.21. The van der Waals surface area contributed by atoms with Crippen LogP contribution >= 0.6 is 0 Å². The van der Waals surface area contributed by atoms with Crippen LogP contribution < -0.4 is 10.6 Å². The summed E-state index contributed by atoms with van der Waals surface area (Å²) < 4.78 is 0. The first kappa shape index (κ1) is 16.6. The molecule has 3 rings (SSSR count). The van der Waals surface area contributed by atoms with Gasteiger partial charge in [0.05, 0.1) is 11.6 Å². The van der Waals surface area contributed by atoms with Gasteiger partial charge in [-0.2, -0.15) is 0 Å². The van der Waals surface area contributed by atoms with Gasteiger partial charge in [0.2, 0.25) is 17.7 Å². The number of carbonyl (C=O) groups is 3. The molecule has 3 amide bonds. The number of piperidine rings is 1. The zero-order valence-electron chi connectivity index (χ0n) is 13.6.